The van der Waals surface area contributed by atoms with Crippen LogP contribution in [0.1, 0.15) is 13.3 Å². The lowest BCUT2D eigenvalue weighted by atomic mass is 10.3. The van der Waals surface area contributed by atoms with Crippen LogP contribution in [0.25, 0.3) is 0 Å². The highest BCUT2D eigenvalue weighted by Crippen LogP contribution is 2.19. The zero-order valence-electron chi connectivity index (χ0n) is 6.89. The predicted octanol–water partition coefficient (Wildman–Crippen LogP) is 3.12. The number of para-hydroxylation sites is 1. The molecule has 0 atom stereocenters. The molecule has 0 amide bonds. The Labute approximate surface area is 77.7 Å². The average molecular weight is 180 g/mol. The number of anilines is 1. The Bertz CT molecular complexity index is 309. The second kappa shape index (κ2) is 4.69. The van der Waals surface area contributed by atoms with E-state index >= 15 is 0 Å². The molecule has 12 heavy (non-hydrogen) atoms. The highest BCUT2D eigenvalue weighted by Gasteiger charge is 1.93. The van der Waals surface area contributed by atoms with Gasteiger partial charge in [0.25, 0.3) is 0 Å². The summed E-state index contributed by atoms with van der Waals surface area (Å²) in [4.78, 5) is 0. The van der Waals surface area contributed by atoms with Crippen LogP contribution in [0.5, 0.6) is 0 Å². The molecule has 0 heterocycles. The van der Waals surface area contributed by atoms with E-state index in [9.17, 15) is 0 Å². The lowest BCUT2D eigenvalue weighted by Crippen LogP contribution is -1.87. The van der Waals surface area contributed by atoms with Crippen molar-refractivity contribution in [1.82, 2.24) is 0 Å². The largest absolute Gasteiger partial charge is 0.313 e. The van der Waals surface area contributed by atoms with Gasteiger partial charge < -0.3 is 5.32 Å². The van der Waals surface area contributed by atoms with E-state index in [4.69, 9.17) is 11.6 Å². The van der Waals surface area contributed by atoms with Crippen LogP contribution in [0.15, 0.2) is 24.3 Å². The van der Waals surface area contributed by atoms with Crippen LogP contribution >= 0.6 is 11.6 Å². The molecule has 0 saturated carbocycles. The van der Waals surface area contributed by atoms with Gasteiger partial charge in [-0.3, -0.25) is 0 Å². The summed E-state index contributed by atoms with van der Waals surface area (Å²) in [6.45, 7) is 2.00. The SMILES string of the molecule is CCC#CNc1ccccc1Cl. The van der Waals surface area contributed by atoms with Crippen LogP contribution in [0.4, 0.5) is 5.69 Å². The highest BCUT2D eigenvalue weighted by atomic mass is 35.5. The van der Waals surface area contributed by atoms with Gasteiger partial charge in [0.2, 0.25) is 0 Å². The minimum Gasteiger partial charge on any atom is -0.313 e. The first-order chi connectivity index (χ1) is 5.84. The van der Waals surface area contributed by atoms with Crippen LogP contribution in [-0.2, 0) is 0 Å². The third-order valence-electron chi connectivity index (χ3n) is 1.34. The van der Waals surface area contributed by atoms with Crippen molar-refractivity contribution in [1.29, 1.82) is 0 Å². The molecule has 1 aromatic carbocycles. The van der Waals surface area contributed by atoms with Crippen molar-refractivity contribution in [2.24, 2.45) is 0 Å². The van der Waals surface area contributed by atoms with Crippen LogP contribution in [-0.4, -0.2) is 0 Å². The van der Waals surface area contributed by atoms with Gasteiger partial charge in [-0.05, 0) is 12.1 Å². The average Bonchev–Trinajstić information content (AvgIpc) is 2.09. The summed E-state index contributed by atoms with van der Waals surface area (Å²) in [5.74, 6) is 2.90. The van der Waals surface area contributed by atoms with Gasteiger partial charge in [-0.2, -0.15) is 0 Å². The summed E-state index contributed by atoms with van der Waals surface area (Å²) >= 11 is 5.87. The lowest BCUT2D eigenvalue weighted by Gasteiger charge is -1.99. The van der Waals surface area contributed by atoms with Crippen molar-refractivity contribution in [2.75, 3.05) is 5.32 Å². The van der Waals surface area contributed by atoms with Crippen molar-refractivity contribution in [2.45, 2.75) is 13.3 Å². The van der Waals surface area contributed by atoms with E-state index in [1.54, 1.807) is 0 Å². The van der Waals surface area contributed by atoms with Crippen molar-refractivity contribution in [3.05, 3.63) is 29.3 Å². The molecule has 1 aromatic rings. The molecule has 0 fully saturated rings. The van der Waals surface area contributed by atoms with E-state index in [2.05, 4.69) is 17.3 Å². The van der Waals surface area contributed by atoms with Crippen LogP contribution in [0, 0.1) is 12.0 Å². The van der Waals surface area contributed by atoms with Gasteiger partial charge in [0.15, 0.2) is 0 Å². The Morgan fingerprint density at radius 3 is 2.83 bits per heavy atom. The quantitative estimate of drug-likeness (QED) is 0.516. The molecule has 0 aliphatic rings. The molecular weight excluding hydrogens is 170 g/mol. The standard InChI is InChI=1S/C10H10ClN/c1-2-3-8-12-10-7-5-4-6-9(10)11/h4-7,12H,2H2,1H3. The molecule has 0 unspecified atom stereocenters. The summed E-state index contributed by atoms with van der Waals surface area (Å²) in [6.07, 6.45) is 0.845. The van der Waals surface area contributed by atoms with E-state index in [1.165, 1.54) is 0 Å². The maximum Gasteiger partial charge on any atom is 0.0646 e. The number of hydrogen-bond donors (Lipinski definition) is 1. The van der Waals surface area contributed by atoms with Gasteiger partial charge in [-0.15, -0.1) is 0 Å². The Hall–Kier alpha value is -1.13. The Kier molecular flexibility index (Phi) is 3.50. The van der Waals surface area contributed by atoms with Crippen LogP contribution in [0.3, 0.4) is 0 Å². The fourth-order valence-corrected chi connectivity index (χ4v) is 0.945. The molecule has 0 spiro atoms. The molecule has 2 heteroatoms. The number of benzene rings is 1. The summed E-state index contributed by atoms with van der Waals surface area (Å²) < 4.78 is 0. The lowest BCUT2D eigenvalue weighted by molar-refractivity contribution is 1.28. The summed E-state index contributed by atoms with van der Waals surface area (Å²) in [6, 6.07) is 10.3. The molecular formula is C10H10ClN. The monoisotopic (exact) mass is 179 g/mol. The first-order valence-corrected chi connectivity index (χ1v) is 4.20. The van der Waals surface area contributed by atoms with Crippen molar-refractivity contribution in [3.8, 4) is 12.0 Å². The predicted molar refractivity (Wildman–Crippen MR) is 53.1 cm³/mol. The number of nitrogens with one attached hydrogen (secondary N) is 1. The third-order valence-corrected chi connectivity index (χ3v) is 1.67. The summed E-state index contributed by atoms with van der Waals surface area (Å²) in [7, 11) is 0. The zero-order chi connectivity index (χ0) is 8.81. The van der Waals surface area contributed by atoms with E-state index in [0.717, 1.165) is 12.1 Å². The topological polar surface area (TPSA) is 12.0 Å². The smallest absolute Gasteiger partial charge is 0.0646 e. The number of hydrogen-bond acceptors (Lipinski definition) is 1. The molecule has 0 radical (unpaired) electrons. The Morgan fingerprint density at radius 2 is 2.17 bits per heavy atom. The molecule has 0 saturated heterocycles. The molecule has 0 aliphatic carbocycles. The molecule has 0 aromatic heterocycles. The van der Waals surface area contributed by atoms with Gasteiger partial charge in [0, 0.05) is 12.5 Å². The molecule has 1 rings (SSSR count). The fourth-order valence-electron chi connectivity index (χ4n) is 0.762. The second-order valence-electron chi connectivity index (χ2n) is 2.26. The minimum absolute atomic E-state index is 0.697. The Morgan fingerprint density at radius 1 is 1.42 bits per heavy atom. The summed E-state index contributed by atoms with van der Waals surface area (Å²) in [5.41, 5.74) is 0.861. The van der Waals surface area contributed by atoms with Gasteiger partial charge in [-0.25, -0.2) is 0 Å². The van der Waals surface area contributed by atoms with E-state index in [-0.39, 0.29) is 0 Å². The van der Waals surface area contributed by atoms with E-state index < -0.39 is 0 Å². The maximum absolute atomic E-state index is 5.87. The van der Waals surface area contributed by atoms with Crippen LogP contribution in [0.2, 0.25) is 5.02 Å². The normalized spacial score (nSPS) is 8.50. The van der Waals surface area contributed by atoms with Gasteiger partial charge in [0.1, 0.15) is 0 Å². The Balaban J connectivity index is 2.69. The van der Waals surface area contributed by atoms with Crippen molar-refractivity contribution < 1.29 is 0 Å². The second-order valence-corrected chi connectivity index (χ2v) is 2.67. The first-order valence-electron chi connectivity index (χ1n) is 3.83. The molecule has 1 N–H and O–H groups in total. The number of halogens is 1. The van der Waals surface area contributed by atoms with E-state index in [0.29, 0.717) is 5.02 Å². The number of rotatable bonds is 1. The highest BCUT2D eigenvalue weighted by molar-refractivity contribution is 6.33. The molecule has 1 nitrogen and oxygen atoms in total. The van der Waals surface area contributed by atoms with E-state index in [1.807, 2.05) is 31.2 Å². The minimum atomic E-state index is 0.697. The molecule has 0 bridgehead atoms. The maximum atomic E-state index is 5.87. The molecule has 62 valence electrons. The first kappa shape index (κ1) is 8.96. The summed E-state index contributed by atoms with van der Waals surface area (Å²) in [5, 5.41) is 3.62. The zero-order valence-corrected chi connectivity index (χ0v) is 7.65. The van der Waals surface area contributed by atoms with Gasteiger partial charge in [-0.1, -0.05) is 36.6 Å². The molecule has 0 aliphatic heterocycles. The van der Waals surface area contributed by atoms with Crippen LogP contribution < -0.4 is 5.32 Å². The van der Waals surface area contributed by atoms with Crippen molar-refractivity contribution in [3.63, 3.8) is 0 Å². The third kappa shape index (κ3) is 2.48. The van der Waals surface area contributed by atoms with Gasteiger partial charge >= 0.3 is 0 Å². The van der Waals surface area contributed by atoms with Gasteiger partial charge in [0.05, 0.1) is 10.7 Å². The fraction of sp³-hybridized carbons (Fsp3) is 0.200. The van der Waals surface area contributed by atoms with Crippen molar-refractivity contribution >= 4 is 17.3 Å².